The molecule has 1 aliphatic heterocycles. The number of likely N-dealkylation sites (N-methyl/N-ethyl adjacent to an activating group) is 1. The van der Waals surface area contributed by atoms with Crippen molar-refractivity contribution in [2.24, 2.45) is 0 Å². The summed E-state index contributed by atoms with van der Waals surface area (Å²) in [5.74, 6) is 0.534. The third-order valence-electron chi connectivity index (χ3n) is 4.02. The molecular formula is C18H19ClN2O2. The number of halogens is 1. The lowest BCUT2D eigenvalue weighted by Gasteiger charge is -2.18. The molecule has 0 saturated heterocycles. The second-order valence-corrected chi connectivity index (χ2v) is 6.88. The van der Waals surface area contributed by atoms with E-state index in [1.807, 2.05) is 18.2 Å². The maximum Gasteiger partial charge on any atom is 0.417 e. The van der Waals surface area contributed by atoms with Crippen molar-refractivity contribution >= 4 is 29.1 Å². The van der Waals surface area contributed by atoms with Crippen molar-refractivity contribution in [1.29, 1.82) is 0 Å². The monoisotopic (exact) mass is 330 g/mol. The van der Waals surface area contributed by atoms with Gasteiger partial charge in [-0.15, -0.1) is 0 Å². The van der Waals surface area contributed by atoms with E-state index in [0.29, 0.717) is 16.5 Å². The molecule has 0 radical (unpaired) electrons. The zero-order chi connectivity index (χ0) is 16.6. The molecule has 3 rings (SSSR count). The van der Waals surface area contributed by atoms with Crippen LogP contribution in [0.5, 0.6) is 5.75 Å². The molecule has 5 heteroatoms. The smallest absolute Gasteiger partial charge is 0.410 e. The number of rotatable bonds is 2. The average Bonchev–Trinajstić information content (AvgIpc) is 2.68. The Kier molecular flexibility index (Phi) is 3.94. The largest absolute Gasteiger partial charge is 0.417 e. The standard InChI is InChI=1S/C18H19ClN2O2/c1-18(2)11-21(3)16-8-7-14(10-15(16)18)23-17(22)20-13-6-4-5-12(19)9-13/h4-10H,11H2,1-3H3,(H,20,22). The van der Waals surface area contributed by atoms with Crippen LogP contribution >= 0.6 is 11.6 Å². The molecule has 0 fully saturated rings. The van der Waals surface area contributed by atoms with E-state index in [-0.39, 0.29) is 5.41 Å². The van der Waals surface area contributed by atoms with E-state index < -0.39 is 6.09 Å². The van der Waals surface area contributed by atoms with E-state index >= 15 is 0 Å². The fourth-order valence-corrected chi connectivity index (χ4v) is 3.22. The van der Waals surface area contributed by atoms with Crippen molar-refractivity contribution < 1.29 is 9.53 Å². The number of hydrogen-bond donors (Lipinski definition) is 1. The van der Waals surface area contributed by atoms with E-state index in [1.54, 1.807) is 24.3 Å². The molecule has 1 aliphatic rings. The maximum atomic E-state index is 12.0. The molecule has 0 atom stereocenters. The summed E-state index contributed by atoms with van der Waals surface area (Å²) in [5.41, 5.74) is 3.00. The van der Waals surface area contributed by atoms with Gasteiger partial charge in [0.25, 0.3) is 0 Å². The molecule has 0 bridgehead atoms. The molecule has 1 N–H and O–H groups in total. The predicted molar refractivity (Wildman–Crippen MR) is 93.8 cm³/mol. The quantitative estimate of drug-likeness (QED) is 0.869. The van der Waals surface area contributed by atoms with Gasteiger partial charge >= 0.3 is 6.09 Å². The lowest BCUT2D eigenvalue weighted by Crippen LogP contribution is -2.25. The minimum atomic E-state index is -0.531. The summed E-state index contributed by atoms with van der Waals surface area (Å²) in [5, 5.41) is 3.23. The van der Waals surface area contributed by atoms with E-state index in [2.05, 4.69) is 31.1 Å². The molecule has 0 aromatic heterocycles. The van der Waals surface area contributed by atoms with Crippen LogP contribution in [0.3, 0.4) is 0 Å². The molecule has 2 aromatic rings. The van der Waals surface area contributed by atoms with Crippen LogP contribution in [-0.4, -0.2) is 19.7 Å². The first-order valence-electron chi connectivity index (χ1n) is 7.45. The van der Waals surface area contributed by atoms with Gasteiger partial charge in [-0.1, -0.05) is 31.5 Å². The van der Waals surface area contributed by atoms with Crippen molar-refractivity contribution in [3.8, 4) is 5.75 Å². The van der Waals surface area contributed by atoms with Crippen molar-refractivity contribution in [2.45, 2.75) is 19.3 Å². The van der Waals surface area contributed by atoms with Gasteiger partial charge in [0.15, 0.2) is 0 Å². The molecule has 4 nitrogen and oxygen atoms in total. The first kappa shape index (κ1) is 15.7. The number of nitrogens with one attached hydrogen (secondary N) is 1. The highest BCUT2D eigenvalue weighted by atomic mass is 35.5. The zero-order valence-electron chi connectivity index (χ0n) is 13.4. The van der Waals surface area contributed by atoms with Crippen LogP contribution in [-0.2, 0) is 5.41 Å². The Labute approximate surface area is 141 Å². The van der Waals surface area contributed by atoms with Gasteiger partial charge < -0.3 is 9.64 Å². The van der Waals surface area contributed by atoms with Crippen LogP contribution < -0.4 is 15.0 Å². The summed E-state index contributed by atoms with van der Waals surface area (Å²) >= 11 is 5.90. The number of benzene rings is 2. The molecule has 0 spiro atoms. The highest BCUT2D eigenvalue weighted by molar-refractivity contribution is 6.30. The number of nitrogens with zero attached hydrogens (tertiary/aromatic N) is 1. The predicted octanol–water partition coefficient (Wildman–Crippen LogP) is 4.68. The first-order valence-corrected chi connectivity index (χ1v) is 7.83. The van der Waals surface area contributed by atoms with Crippen LogP contribution in [0.4, 0.5) is 16.2 Å². The number of carbonyl (C=O) groups is 1. The maximum absolute atomic E-state index is 12.0. The van der Waals surface area contributed by atoms with Crippen LogP contribution in [0.25, 0.3) is 0 Å². The normalized spacial score (nSPS) is 15.2. The molecule has 2 aromatic carbocycles. The molecule has 1 heterocycles. The number of ether oxygens (including phenoxy) is 1. The number of anilines is 2. The van der Waals surface area contributed by atoms with Gasteiger partial charge in [-0.3, -0.25) is 5.32 Å². The minimum absolute atomic E-state index is 0.0346. The lowest BCUT2D eigenvalue weighted by atomic mass is 9.87. The Morgan fingerprint density at radius 1 is 1.26 bits per heavy atom. The van der Waals surface area contributed by atoms with Gasteiger partial charge in [0.2, 0.25) is 0 Å². The average molecular weight is 331 g/mol. The van der Waals surface area contributed by atoms with Gasteiger partial charge in [0, 0.05) is 35.4 Å². The van der Waals surface area contributed by atoms with E-state index in [4.69, 9.17) is 16.3 Å². The zero-order valence-corrected chi connectivity index (χ0v) is 14.1. The molecule has 0 saturated carbocycles. The summed E-state index contributed by atoms with van der Waals surface area (Å²) in [6, 6.07) is 12.7. The van der Waals surface area contributed by atoms with Crippen LogP contribution in [0.1, 0.15) is 19.4 Å². The van der Waals surface area contributed by atoms with Gasteiger partial charge in [-0.2, -0.15) is 0 Å². The van der Waals surface area contributed by atoms with Gasteiger partial charge in [0.05, 0.1) is 0 Å². The van der Waals surface area contributed by atoms with Gasteiger partial charge in [-0.05, 0) is 42.0 Å². The minimum Gasteiger partial charge on any atom is -0.410 e. The first-order chi connectivity index (χ1) is 10.8. The van der Waals surface area contributed by atoms with Crippen LogP contribution in [0, 0.1) is 0 Å². The second kappa shape index (κ2) is 5.78. The second-order valence-electron chi connectivity index (χ2n) is 6.44. The lowest BCUT2D eigenvalue weighted by molar-refractivity contribution is 0.215. The Bertz CT molecular complexity index is 758. The molecule has 0 unspecified atom stereocenters. The number of hydrogen-bond acceptors (Lipinski definition) is 3. The third-order valence-corrected chi connectivity index (χ3v) is 4.26. The van der Waals surface area contributed by atoms with Crippen molar-refractivity contribution in [2.75, 3.05) is 23.8 Å². The SMILES string of the molecule is CN1CC(C)(C)c2cc(OC(=O)Nc3cccc(Cl)c3)ccc21. The van der Waals surface area contributed by atoms with Crippen molar-refractivity contribution in [3.63, 3.8) is 0 Å². The third kappa shape index (κ3) is 3.27. The van der Waals surface area contributed by atoms with E-state index in [9.17, 15) is 4.79 Å². The van der Waals surface area contributed by atoms with Crippen LogP contribution in [0.15, 0.2) is 42.5 Å². The number of amides is 1. The Morgan fingerprint density at radius 3 is 2.78 bits per heavy atom. The summed E-state index contributed by atoms with van der Waals surface area (Å²) in [6.45, 7) is 5.32. The van der Waals surface area contributed by atoms with E-state index in [1.165, 1.54) is 11.3 Å². The Balaban J connectivity index is 1.75. The van der Waals surface area contributed by atoms with Gasteiger partial charge in [0.1, 0.15) is 5.75 Å². The summed E-state index contributed by atoms with van der Waals surface area (Å²) in [6.07, 6.45) is -0.531. The Hall–Kier alpha value is -2.20. The molecular weight excluding hydrogens is 312 g/mol. The number of carbonyl (C=O) groups excluding carboxylic acids is 1. The van der Waals surface area contributed by atoms with Crippen molar-refractivity contribution in [3.05, 3.63) is 53.1 Å². The van der Waals surface area contributed by atoms with Gasteiger partial charge in [-0.25, -0.2) is 4.79 Å². The molecule has 23 heavy (non-hydrogen) atoms. The molecule has 0 aliphatic carbocycles. The fourth-order valence-electron chi connectivity index (χ4n) is 3.03. The van der Waals surface area contributed by atoms with Crippen LogP contribution in [0.2, 0.25) is 5.02 Å². The topological polar surface area (TPSA) is 41.6 Å². The Morgan fingerprint density at radius 2 is 2.04 bits per heavy atom. The van der Waals surface area contributed by atoms with Crippen molar-refractivity contribution in [1.82, 2.24) is 0 Å². The molecule has 120 valence electrons. The fraction of sp³-hybridized carbons (Fsp3) is 0.278. The summed E-state index contributed by atoms with van der Waals surface area (Å²) in [7, 11) is 2.07. The highest BCUT2D eigenvalue weighted by Gasteiger charge is 2.33. The highest BCUT2D eigenvalue weighted by Crippen LogP contribution is 2.41. The summed E-state index contributed by atoms with van der Waals surface area (Å²) in [4.78, 5) is 14.2. The molecule has 1 amide bonds. The van der Waals surface area contributed by atoms with E-state index in [0.717, 1.165) is 6.54 Å². The summed E-state index contributed by atoms with van der Waals surface area (Å²) < 4.78 is 5.40. The number of fused-ring (bicyclic) bond motifs is 1.